The van der Waals surface area contributed by atoms with Crippen LogP contribution in [0.4, 0.5) is 10.8 Å². The fourth-order valence-corrected chi connectivity index (χ4v) is 4.22. The van der Waals surface area contributed by atoms with Crippen molar-refractivity contribution < 1.29 is 4.79 Å². The van der Waals surface area contributed by atoms with E-state index in [2.05, 4.69) is 38.3 Å². The second kappa shape index (κ2) is 8.81. The summed E-state index contributed by atoms with van der Waals surface area (Å²) in [5.41, 5.74) is 0.802. The highest BCUT2D eigenvalue weighted by molar-refractivity contribution is 8.01. The quantitative estimate of drug-likeness (QED) is 0.582. The molecule has 2 heterocycles. The molecule has 0 aliphatic rings. The van der Waals surface area contributed by atoms with Gasteiger partial charge in [0.1, 0.15) is 0 Å². The van der Waals surface area contributed by atoms with Crippen LogP contribution in [0.3, 0.4) is 0 Å². The number of nitrogens with one attached hydrogen (secondary N) is 2. The van der Waals surface area contributed by atoms with Crippen LogP contribution >= 0.6 is 34.4 Å². The number of rotatable bonds is 8. The van der Waals surface area contributed by atoms with E-state index in [1.807, 2.05) is 30.3 Å². The average molecular weight is 377 g/mol. The molecule has 0 saturated heterocycles. The molecule has 0 spiro atoms. The van der Waals surface area contributed by atoms with Crippen molar-refractivity contribution in [1.82, 2.24) is 10.2 Å². The Bertz CT molecular complexity index is 759. The van der Waals surface area contributed by atoms with E-state index in [4.69, 9.17) is 0 Å². The average Bonchev–Trinajstić information content (AvgIpc) is 3.26. The van der Waals surface area contributed by atoms with Gasteiger partial charge in [-0.1, -0.05) is 47.4 Å². The molecule has 0 atom stereocenters. The molecule has 0 fully saturated rings. The number of aromatic nitrogens is 2. The third kappa shape index (κ3) is 5.33. The van der Waals surface area contributed by atoms with Gasteiger partial charge in [0.25, 0.3) is 0 Å². The van der Waals surface area contributed by atoms with Crippen molar-refractivity contribution in [3.63, 3.8) is 0 Å². The van der Waals surface area contributed by atoms with Gasteiger partial charge in [-0.25, -0.2) is 0 Å². The molecule has 24 heavy (non-hydrogen) atoms. The lowest BCUT2D eigenvalue weighted by atomic mass is 10.3. The van der Waals surface area contributed by atoms with Gasteiger partial charge in [0.15, 0.2) is 4.34 Å². The third-order valence-corrected chi connectivity index (χ3v) is 5.97. The summed E-state index contributed by atoms with van der Waals surface area (Å²) < 4.78 is 0.789. The van der Waals surface area contributed by atoms with Crippen LogP contribution < -0.4 is 10.6 Å². The van der Waals surface area contributed by atoms with E-state index in [1.165, 1.54) is 28.0 Å². The molecule has 0 aliphatic heterocycles. The molecule has 0 aliphatic carbocycles. The number of thiophene rings is 1. The third-order valence-electron chi connectivity index (χ3n) is 3.02. The van der Waals surface area contributed by atoms with E-state index >= 15 is 0 Å². The summed E-state index contributed by atoms with van der Waals surface area (Å²) in [6, 6.07) is 13.6. The predicted octanol–water partition coefficient (Wildman–Crippen LogP) is 3.99. The minimum Gasteiger partial charge on any atom is -0.360 e. The fourth-order valence-electron chi connectivity index (χ4n) is 1.93. The number of thioether (sulfide) groups is 1. The number of amides is 1. The first-order valence-corrected chi connectivity index (χ1v) is 10.1. The van der Waals surface area contributed by atoms with E-state index in [-0.39, 0.29) is 5.91 Å². The molecule has 5 nitrogen and oxygen atoms in total. The molecule has 1 amide bonds. The summed E-state index contributed by atoms with van der Waals surface area (Å²) in [6.07, 6.45) is 0.971. The molecule has 0 saturated carbocycles. The Kier molecular flexibility index (Phi) is 6.22. The van der Waals surface area contributed by atoms with Crippen LogP contribution in [-0.2, 0) is 11.2 Å². The van der Waals surface area contributed by atoms with Crippen molar-refractivity contribution in [3.8, 4) is 0 Å². The normalized spacial score (nSPS) is 10.5. The molecule has 1 aromatic carbocycles. The first kappa shape index (κ1) is 16.9. The van der Waals surface area contributed by atoms with Gasteiger partial charge < -0.3 is 10.6 Å². The van der Waals surface area contributed by atoms with Crippen LogP contribution in [0, 0.1) is 0 Å². The van der Waals surface area contributed by atoms with Crippen LogP contribution in [0.5, 0.6) is 0 Å². The largest absolute Gasteiger partial charge is 0.360 e. The fraction of sp³-hybridized carbons (Fsp3) is 0.188. The maximum atomic E-state index is 11.9. The molecule has 2 aromatic heterocycles. The summed E-state index contributed by atoms with van der Waals surface area (Å²) in [7, 11) is 0. The molecular formula is C16H16N4OS3. The number of hydrogen-bond donors (Lipinski definition) is 2. The number of hydrogen-bond acceptors (Lipinski definition) is 7. The van der Waals surface area contributed by atoms with Crippen molar-refractivity contribution in [1.29, 1.82) is 0 Å². The Morgan fingerprint density at radius 1 is 1.12 bits per heavy atom. The second-order valence-corrected chi connectivity index (χ2v) is 8.06. The van der Waals surface area contributed by atoms with Crippen molar-refractivity contribution in [2.75, 3.05) is 22.9 Å². The maximum absolute atomic E-state index is 11.9. The molecule has 0 unspecified atom stereocenters. The highest BCUT2D eigenvalue weighted by atomic mass is 32.2. The molecule has 8 heteroatoms. The van der Waals surface area contributed by atoms with Gasteiger partial charge in [0.2, 0.25) is 11.0 Å². The van der Waals surface area contributed by atoms with Crippen LogP contribution in [0.2, 0.25) is 0 Å². The minimum atomic E-state index is -0.0476. The summed E-state index contributed by atoms with van der Waals surface area (Å²) in [4.78, 5) is 13.3. The van der Waals surface area contributed by atoms with Crippen molar-refractivity contribution >= 4 is 51.2 Å². The van der Waals surface area contributed by atoms with E-state index < -0.39 is 0 Å². The van der Waals surface area contributed by atoms with Gasteiger partial charge in [-0.05, 0) is 30.0 Å². The number of carbonyl (C=O) groups excluding carboxylic acids is 1. The molecule has 3 rings (SSSR count). The monoisotopic (exact) mass is 376 g/mol. The highest BCUT2D eigenvalue weighted by Crippen LogP contribution is 2.25. The molecule has 0 radical (unpaired) electrons. The molecule has 0 bridgehead atoms. The highest BCUT2D eigenvalue weighted by Gasteiger charge is 2.08. The van der Waals surface area contributed by atoms with Crippen molar-refractivity contribution in [2.45, 2.75) is 10.8 Å². The first-order valence-electron chi connectivity index (χ1n) is 7.37. The van der Waals surface area contributed by atoms with Crippen LogP contribution in [-0.4, -0.2) is 28.4 Å². The number of nitrogens with zero attached hydrogens (tertiary/aromatic N) is 2. The Morgan fingerprint density at radius 3 is 2.79 bits per heavy atom. The molecule has 2 N–H and O–H groups in total. The minimum absolute atomic E-state index is 0.0476. The number of anilines is 2. The molecule has 3 aromatic rings. The van der Waals surface area contributed by atoms with Gasteiger partial charge in [-0.2, -0.15) is 0 Å². The topological polar surface area (TPSA) is 66.9 Å². The van der Waals surface area contributed by atoms with Crippen LogP contribution in [0.25, 0.3) is 0 Å². The Hall–Kier alpha value is -1.90. The lowest BCUT2D eigenvalue weighted by molar-refractivity contribution is -0.113. The smallest absolute Gasteiger partial charge is 0.234 e. The lowest BCUT2D eigenvalue weighted by Crippen LogP contribution is -2.13. The maximum Gasteiger partial charge on any atom is 0.234 e. The van der Waals surface area contributed by atoms with Gasteiger partial charge in [0.05, 0.1) is 5.75 Å². The lowest BCUT2D eigenvalue weighted by Gasteiger charge is -2.03. The van der Waals surface area contributed by atoms with Crippen LogP contribution in [0.15, 0.2) is 52.2 Å². The molecular weight excluding hydrogens is 360 g/mol. The van der Waals surface area contributed by atoms with E-state index in [9.17, 15) is 4.79 Å². The Labute approximate surface area is 152 Å². The van der Waals surface area contributed by atoms with E-state index in [1.54, 1.807) is 11.3 Å². The second-order valence-electron chi connectivity index (χ2n) is 4.83. The zero-order valence-corrected chi connectivity index (χ0v) is 15.2. The van der Waals surface area contributed by atoms with Crippen molar-refractivity contribution in [3.05, 3.63) is 52.7 Å². The standard InChI is InChI=1S/C16H16N4OS3/c21-14(18-12-5-2-1-3-6-12)11-23-16-20-19-15(24-16)17-9-8-13-7-4-10-22-13/h1-7,10H,8-9,11H2,(H,17,19)(H,18,21). The summed E-state index contributed by atoms with van der Waals surface area (Å²) in [5.74, 6) is 0.271. The number of carbonyl (C=O) groups is 1. The Morgan fingerprint density at radius 2 is 2.00 bits per heavy atom. The van der Waals surface area contributed by atoms with Crippen molar-refractivity contribution in [2.24, 2.45) is 0 Å². The summed E-state index contributed by atoms with van der Waals surface area (Å²) in [5, 5.41) is 17.2. The zero-order valence-electron chi connectivity index (χ0n) is 12.8. The SMILES string of the molecule is O=C(CSc1nnc(NCCc2cccs2)s1)Nc1ccccc1. The first-order chi connectivity index (χ1) is 11.8. The predicted molar refractivity (Wildman–Crippen MR) is 102 cm³/mol. The number of benzene rings is 1. The molecule has 124 valence electrons. The van der Waals surface area contributed by atoms with E-state index in [0.717, 1.165) is 28.1 Å². The van der Waals surface area contributed by atoms with Crippen LogP contribution in [0.1, 0.15) is 4.88 Å². The van der Waals surface area contributed by atoms with Gasteiger partial charge in [0, 0.05) is 17.1 Å². The number of para-hydroxylation sites is 1. The Balaban J connectivity index is 1.40. The summed E-state index contributed by atoms with van der Waals surface area (Å²) in [6.45, 7) is 0.828. The van der Waals surface area contributed by atoms with Gasteiger partial charge in [-0.3, -0.25) is 4.79 Å². The zero-order chi connectivity index (χ0) is 16.6. The van der Waals surface area contributed by atoms with Gasteiger partial charge in [-0.15, -0.1) is 21.5 Å². The summed E-state index contributed by atoms with van der Waals surface area (Å²) >= 11 is 4.62. The van der Waals surface area contributed by atoms with E-state index in [0.29, 0.717) is 5.75 Å². The van der Waals surface area contributed by atoms with Gasteiger partial charge >= 0.3 is 0 Å².